The fourth-order valence-electron chi connectivity index (χ4n) is 1.41. The SMILES string of the molecule is CCCNc1snnc1CSc1ccc(F)cc1F. The maximum atomic E-state index is 13.5. The van der Waals surface area contributed by atoms with Crippen molar-refractivity contribution in [1.29, 1.82) is 0 Å². The fraction of sp³-hybridized carbons (Fsp3) is 0.333. The van der Waals surface area contributed by atoms with Crippen molar-refractivity contribution in [2.75, 3.05) is 11.9 Å². The van der Waals surface area contributed by atoms with Gasteiger partial charge in [-0.2, -0.15) is 0 Å². The van der Waals surface area contributed by atoms with Crippen LogP contribution in [0.5, 0.6) is 0 Å². The lowest BCUT2D eigenvalue weighted by Crippen LogP contribution is -2.00. The highest BCUT2D eigenvalue weighted by atomic mass is 32.2. The van der Waals surface area contributed by atoms with Gasteiger partial charge in [0.15, 0.2) is 0 Å². The third-order valence-electron chi connectivity index (χ3n) is 2.35. The van der Waals surface area contributed by atoms with E-state index in [-0.39, 0.29) is 0 Å². The predicted octanol–water partition coefficient (Wildman–Crippen LogP) is 3.93. The van der Waals surface area contributed by atoms with E-state index in [9.17, 15) is 8.78 Å². The number of benzene rings is 1. The molecule has 3 nitrogen and oxygen atoms in total. The van der Waals surface area contributed by atoms with Crippen molar-refractivity contribution in [3.05, 3.63) is 35.5 Å². The van der Waals surface area contributed by atoms with Crippen LogP contribution in [0.25, 0.3) is 0 Å². The second-order valence-corrected chi connectivity index (χ2v) is 5.61. The lowest BCUT2D eigenvalue weighted by molar-refractivity contribution is 0.565. The summed E-state index contributed by atoms with van der Waals surface area (Å²) in [5.41, 5.74) is 0.798. The lowest BCUT2D eigenvalue weighted by atomic mass is 10.3. The molecule has 0 atom stereocenters. The normalized spacial score (nSPS) is 10.7. The highest BCUT2D eigenvalue weighted by molar-refractivity contribution is 7.98. The third kappa shape index (κ3) is 3.87. The van der Waals surface area contributed by atoms with Crippen molar-refractivity contribution in [2.45, 2.75) is 24.0 Å². The van der Waals surface area contributed by atoms with Crippen LogP contribution in [0.15, 0.2) is 23.1 Å². The van der Waals surface area contributed by atoms with Crippen molar-refractivity contribution in [3.8, 4) is 0 Å². The minimum atomic E-state index is -0.567. The van der Waals surface area contributed by atoms with Crippen LogP contribution < -0.4 is 5.32 Å². The second kappa shape index (κ2) is 6.81. The molecular formula is C12H13F2N3S2. The van der Waals surface area contributed by atoms with Gasteiger partial charge in [-0.3, -0.25) is 0 Å². The van der Waals surface area contributed by atoms with Gasteiger partial charge in [-0.15, -0.1) is 16.9 Å². The number of nitrogens with one attached hydrogen (secondary N) is 1. The fourth-order valence-corrected chi connectivity index (χ4v) is 2.97. The topological polar surface area (TPSA) is 37.8 Å². The van der Waals surface area contributed by atoms with Crippen LogP contribution in [-0.4, -0.2) is 16.1 Å². The zero-order valence-electron chi connectivity index (χ0n) is 10.3. The molecule has 1 N–H and O–H groups in total. The highest BCUT2D eigenvalue weighted by Crippen LogP contribution is 2.29. The molecule has 0 spiro atoms. The molecule has 0 aliphatic rings. The summed E-state index contributed by atoms with van der Waals surface area (Å²) in [7, 11) is 0. The molecule has 0 amide bonds. The summed E-state index contributed by atoms with van der Waals surface area (Å²) in [4.78, 5) is 0.413. The minimum absolute atomic E-state index is 0.413. The maximum absolute atomic E-state index is 13.5. The number of halogens is 2. The first kappa shape index (κ1) is 14.2. The van der Waals surface area contributed by atoms with Crippen LogP contribution in [0, 0.1) is 11.6 Å². The molecule has 1 aromatic carbocycles. The van der Waals surface area contributed by atoms with E-state index in [2.05, 4.69) is 21.8 Å². The van der Waals surface area contributed by atoms with E-state index < -0.39 is 11.6 Å². The van der Waals surface area contributed by atoms with Crippen molar-refractivity contribution in [3.63, 3.8) is 0 Å². The number of rotatable bonds is 6. The van der Waals surface area contributed by atoms with Gasteiger partial charge in [0, 0.05) is 34.8 Å². The standard InChI is InChI=1S/C12H13F2N3S2/c1-2-5-15-12-10(16-17-19-12)7-18-11-4-3-8(13)6-9(11)14/h3-4,6,15H,2,5,7H2,1H3. The van der Waals surface area contributed by atoms with E-state index in [1.165, 1.54) is 35.4 Å². The van der Waals surface area contributed by atoms with Gasteiger partial charge in [0.1, 0.15) is 22.3 Å². The third-order valence-corrected chi connectivity index (χ3v) is 4.14. The average Bonchev–Trinajstić information content (AvgIpc) is 2.83. The van der Waals surface area contributed by atoms with Crippen molar-refractivity contribution >= 4 is 28.3 Å². The number of thioether (sulfide) groups is 1. The summed E-state index contributed by atoms with van der Waals surface area (Å²) < 4.78 is 30.1. The Hall–Kier alpha value is -1.21. The molecule has 7 heteroatoms. The van der Waals surface area contributed by atoms with Gasteiger partial charge in [0.05, 0.1) is 0 Å². The second-order valence-electron chi connectivity index (χ2n) is 3.84. The molecule has 0 radical (unpaired) electrons. The molecule has 0 bridgehead atoms. The molecular weight excluding hydrogens is 288 g/mol. The first-order valence-corrected chi connectivity index (χ1v) is 7.59. The van der Waals surface area contributed by atoms with Gasteiger partial charge in [0.2, 0.25) is 0 Å². The number of nitrogens with zero attached hydrogens (tertiary/aromatic N) is 2. The summed E-state index contributed by atoms with van der Waals surface area (Å²) in [6.07, 6.45) is 1.01. The number of hydrogen-bond donors (Lipinski definition) is 1. The summed E-state index contributed by atoms with van der Waals surface area (Å²) in [6, 6.07) is 3.58. The quantitative estimate of drug-likeness (QED) is 0.820. The predicted molar refractivity (Wildman–Crippen MR) is 74.6 cm³/mol. The zero-order valence-corrected chi connectivity index (χ0v) is 12.0. The van der Waals surface area contributed by atoms with Gasteiger partial charge >= 0.3 is 0 Å². The van der Waals surface area contributed by atoms with E-state index in [0.29, 0.717) is 10.6 Å². The molecule has 102 valence electrons. The monoisotopic (exact) mass is 301 g/mol. The Morgan fingerprint density at radius 1 is 1.37 bits per heavy atom. The van der Waals surface area contributed by atoms with Crippen LogP contribution in [-0.2, 0) is 5.75 Å². The van der Waals surface area contributed by atoms with Crippen LogP contribution in [0.1, 0.15) is 19.0 Å². The van der Waals surface area contributed by atoms with Crippen LogP contribution in [0.4, 0.5) is 13.8 Å². The molecule has 2 aromatic rings. The molecule has 0 aliphatic carbocycles. The van der Waals surface area contributed by atoms with Gasteiger partial charge in [-0.05, 0) is 18.6 Å². The van der Waals surface area contributed by atoms with E-state index in [4.69, 9.17) is 0 Å². The largest absolute Gasteiger partial charge is 0.374 e. The molecule has 19 heavy (non-hydrogen) atoms. The van der Waals surface area contributed by atoms with E-state index in [1.54, 1.807) is 0 Å². The molecule has 1 heterocycles. The Morgan fingerprint density at radius 3 is 2.95 bits per heavy atom. The average molecular weight is 301 g/mol. The smallest absolute Gasteiger partial charge is 0.139 e. The molecule has 0 saturated heterocycles. The van der Waals surface area contributed by atoms with Crippen molar-refractivity contribution < 1.29 is 8.78 Å². The molecule has 2 rings (SSSR count). The van der Waals surface area contributed by atoms with Crippen molar-refractivity contribution in [1.82, 2.24) is 9.59 Å². The molecule has 0 unspecified atom stereocenters. The van der Waals surface area contributed by atoms with E-state index in [1.807, 2.05) is 0 Å². The Bertz CT molecular complexity index is 546. The highest BCUT2D eigenvalue weighted by Gasteiger charge is 2.10. The number of anilines is 1. The molecule has 0 saturated carbocycles. The lowest BCUT2D eigenvalue weighted by Gasteiger charge is -2.04. The summed E-state index contributed by atoms with van der Waals surface area (Å²) in [6.45, 7) is 2.93. The van der Waals surface area contributed by atoms with Crippen LogP contribution in [0.2, 0.25) is 0 Å². The Morgan fingerprint density at radius 2 is 2.21 bits per heavy atom. The van der Waals surface area contributed by atoms with E-state index >= 15 is 0 Å². The van der Waals surface area contributed by atoms with Gasteiger partial charge < -0.3 is 5.32 Å². The van der Waals surface area contributed by atoms with Crippen LogP contribution in [0.3, 0.4) is 0 Å². The van der Waals surface area contributed by atoms with Crippen LogP contribution >= 0.6 is 23.3 Å². The Labute approximate surface area is 118 Å². The van der Waals surface area contributed by atoms with Crippen molar-refractivity contribution in [2.24, 2.45) is 0 Å². The molecule has 0 fully saturated rings. The summed E-state index contributed by atoms with van der Waals surface area (Å²) >= 11 is 2.58. The molecule has 0 aliphatic heterocycles. The summed E-state index contributed by atoms with van der Waals surface area (Å²) in [5, 5.41) is 8.16. The zero-order chi connectivity index (χ0) is 13.7. The number of hydrogen-bond acceptors (Lipinski definition) is 5. The van der Waals surface area contributed by atoms with Gasteiger partial charge in [-0.25, -0.2) is 8.78 Å². The van der Waals surface area contributed by atoms with Gasteiger partial charge in [-0.1, -0.05) is 11.4 Å². The first-order chi connectivity index (χ1) is 9.20. The maximum Gasteiger partial charge on any atom is 0.139 e. The first-order valence-electron chi connectivity index (χ1n) is 5.83. The minimum Gasteiger partial charge on any atom is -0.374 e. The molecule has 1 aromatic heterocycles. The van der Waals surface area contributed by atoms with E-state index in [0.717, 1.165) is 29.7 Å². The Kier molecular flexibility index (Phi) is 5.09. The number of aromatic nitrogens is 2. The Balaban J connectivity index is 2.00. The van der Waals surface area contributed by atoms with Gasteiger partial charge in [0.25, 0.3) is 0 Å². The summed E-state index contributed by atoms with van der Waals surface area (Å²) in [5.74, 6) is -0.607.